The fourth-order valence-corrected chi connectivity index (χ4v) is 2.52. The number of hydrogen-bond donors (Lipinski definition) is 1. The molecule has 2 rings (SSSR count). The summed E-state index contributed by atoms with van der Waals surface area (Å²) in [6.07, 6.45) is 0. The van der Waals surface area contributed by atoms with Crippen LogP contribution in [0.1, 0.15) is 31.9 Å². The minimum Gasteiger partial charge on any atom is -0.482 e. The average Bonchev–Trinajstić information content (AvgIpc) is 2.65. The van der Waals surface area contributed by atoms with Crippen LogP contribution in [0.5, 0.6) is 5.75 Å². The number of amides is 1. The van der Waals surface area contributed by atoms with Crippen LogP contribution in [-0.2, 0) is 19.7 Å². The van der Waals surface area contributed by atoms with Gasteiger partial charge in [0.15, 0.2) is 13.2 Å². The number of carbonyl (C=O) groups is 2. The molecule has 8 nitrogen and oxygen atoms in total. The number of anilines is 1. The number of nitro benzene ring substituents is 1. The summed E-state index contributed by atoms with van der Waals surface area (Å²) in [5, 5.41) is 13.4. The second-order valence-electron chi connectivity index (χ2n) is 7.48. The number of carbonyl (C=O) groups excluding carboxylic acids is 2. The van der Waals surface area contributed by atoms with Crippen molar-refractivity contribution in [3.8, 4) is 5.75 Å². The highest BCUT2D eigenvalue weighted by molar-refractivity contribution is 5.94. The zero-order valence-corrected chi connectivity index (χ0v) is 16.9. The maximum absolute atomic E-state index is 12.0. The highest BCUT2D eigenvalue weighted by Gasteiger charge is 2.16. The molecule has 0 aliphatic rings. The zero-order valence-electron chi connectivity index (χ0n) is 16.9. The molecule has 0 spiro atoms. The lowest BCUT2D eigenvalue weighted by atomic mass is 9.87. The molecule has 0 aliphatic carbocycles. The normalized spacial score (nSPS) is 10.9. The smallest absolute Gasteiger partial charge is 0.344 e. The summed E-state index contributed by atoms with van der Waals surface area (Å²) in [7, 11) is 0. The maximum Gasteiger partial charge on any atom is 0.344 e. The molecule has 0 radical (unpaired) electrons. The van der Waals surface area contributed by atoms with Crippen molar-refractivity contribution in [1.82, 2.24) is 0 Å². The Morgan fingerprint density at radius 1 is 1.07 bits per heavy atom. The summed E-state index contributed by atoms with van der Waals surface area (Å²) in [6, 6.07) is 11.7. The second kappa shape index (κ2) is 9.18. The lowest BCUT2D eigenvalue weighted by Gasteiger charge is -2.19. The van der Waals surface area contributed by atoms with E-state index in [0.717, 1.165) is 5.56 Å². The first-order valence-corrected chi connectivity index (χ1v) is 9.01. The Bertz CT molecular complexity index is 900. The van der Waals surface area contributed by atoms with Gasteiger partial charge in [-0.15, -0.1) is 0 Å². The van der Waals surface area contributed by atoms with Gasteiger partial charge in [-0.3, -0.25) is 14.9 Å². The molecule has 0 fully saturated rings. The Morgan fingerprint density at radius 2 is 1.72 bits per heavy atom. The Balaban J connectivity index is 1.81. The van der Waals surface area contributed by atoms with Crippen molar-refractivity contribution in [2.45, 2.75) is 33.1 Å². The van der Waals surface area contributed by atoms with E-state index in [9.17, 15) is 19.7 Å². The average molecular weight is 400 g/mol. The molecule has 0 aliphatic heterocycles. The molecule has 0 atom stereocenters. The predicted molar refractivity (Wildman–Crippen MR) is 108 cm³/mol. The molecule has 0 saturated heterocycles. The van der Waals surface area contributed by atoms with E-state index in [0.29, 0.717) is 11.3 Å². The van der Waals surface area contributed by atoms with Gasteiger partial charge in [0.1, 0.15) is 5.75 Å². The number of nitrogens with zero attached hydrogens (tertiary/aromatic N) is 1. The lowest BCUT2D eigenvalue weighted by molar-refractivity contribution is -0.385. The monoisotopic (exact) mass is 400 g/mol. The number of hydrogen-bond acceptors (Lipinski definition) is 6. The third-order valence-electron chi connectivity index (χ3n) is 4.22. The molecule has 2 aromatic rings. The molecule has 8 heteroatoms. The van der Waals surface area contributed by atoms with Gasteiger partial charge in [0.2, 0.25) is 0 Å². The van der Waals surface area contributed by atoms with Gasteiger partial charge >= 0.3 is 5.97 Å². The molecule has 1 N–H and O–H groups in total. The number of nitro groups is 1. The highest BCUT2D eigenvalue weighted by Crippen LogP contribution is 2.25. The Morgan fingerprint density at radius 3 is 2.31 bits per heavy atom. The van der Waals surface area contributed by atoms with Crippen molar-refractivity contribution in [1.29, 1.82) is 0 Å². The molecule has 29 heavy (non-hydrogen) atoms. The predicted octanol–water partition coefficient (Wildman–Crippen LogP) is 3.76. The van der Waals surface area contributed by atoms with Crippen molar-refractivity contribution in [3.63, 3.8) is 0 Å². The molecule has 0 aromatic heterocycles. The molecule has 0 heterocycles. The summed E-state index contributed by atoms with van der Waals surface area (Å²) in [4.78, 5) is 34.2. The third kappa shape index (κ3) is 6.31. The Kier molecular flexibility index (Phi) is 6.93. The van der Waals surface area contributed by atoms with Crippen LogP contribution in [0.4, 0.5) is 11.4 Å². The van der Waals surface area contributed by atoms with E-state index < -0.39 is 23.4 Å². The van der Waals surface area contributed by atoms with Gasteiger partial charge in [-0.2, -0.15) is 0 Å². The Labute approximate surface area is 169 Å². The van der Waals surface area contributed by atoms with Crippen molar-refractivity contribution in [2.24, 2.45) is 0 Å². The van der Waals surface area contributed by atoms with Crippen LogP contribution in [0.25, 0.3) is 0 Å². The van der Waals surface area contributed by atoms with Crippen LogP contribution in [0, 0.1) is 17.0 Å². The molecule has 0 saturated carbocycles. The van der Waals surface area contributed by atoms with Crippen molar-refractivity contribution in [3.05, 3.63) is 63.7 Å². The number of nitrogens with one attached hydrogen (secondary N) is 1. The van der Waals surface area contributed by atoms with Gasteiger partial charge in [-0.05, 0) is 36.1 Å². The minimum absolute atomic E-state index is 0.0162. The van der Waals surface area contributed by atoms with E-state index in [1.54, 1.807) is 12.1 Å². The number of benzene rings is 2. The van der Waals surface area contributed by atoms with Gasteiger partial charge in [-0.25, -0.2) is 4.79 Å². The van der Waals surface area contributed by atoms with Gasteiger partial charge in [0.05, 0.1) is 16.2 Å². The van der Waals surface area contributed by atoms with Crippen LogP contribution in [0.2, 0.25) is 0 Å². The van der Waals surface area contributed by atoms with Crippen LogP contribution in [0.3, 0.4) is 0 Å². The van der Waals surface area contributed by atoms with E-state index in [1.165, 1.54) is 25.1 Å². The molecule has 2 aromatic carbocycles. The molecule has 0 bridgehead atoms. The number of esters is 1. The molecule has 154 valence electrons. The fourth-order valence-electron chi connectivity index (χ4n) is 2.52. The Hall–Kier alpha value is -3.42. The fraction of sp³-hybridized carbons (Fsp3) is 0.333. The van der Waals surface area contributed by atoms with Gasteiger partial charge in [0.25, 0.3) is 11.6 Å². The summed E-state index contributed by atoms with van der Waals surface area (Å²) in [5.74, 6) is -0.779. The molecular weight excluding hydrogens is 376 g/mol. The summed E-state index contributed by atoms with van der Waals surface area (Å²) in [6.45, 7) is 6.96. The summed E-state index contributed by atoms with van der Waals surface area (Å²) in [5.41, 5.74) is 1.66. The first-order chi connectivity index (χ1) is 13.6. The zero-order chi connectivity index (χ0) is 21.6. The maximum atomic E-state index is 12.0. The van der Waals surface area contributed by atoms with Crippen molar-refractivity contribution < 1.29 is 24.0 Å². The largest absolute Gasteiger partial charge is 0.482 e. The van der Waals surface area contributed by atoms with Crippen LogP contribution in [0.15, 0.2) is 42.5 Å². The van der Waals surface area contributed by atoms with E-state index in [1.807, 2.05) is 12.1 Å². The minimum atomic E-state index is -0.698. The topological polar surface area (TPSA) is 108 Å². The number of rotatable bonds is 7. The lowest BCUT2D eigenvalue weighted by Crippen LogP contribution is -2.24. The summed E-state index contributed by atoms with van der Waals surface area (Å²) < 4.78 is 10.2. The molecule has 0 unspecified atom stereocenters. The van der Waals surface area contributed by atoms with Crippen molar-refractivity contribution >= 4 is 23.3 Å². The standard InChI is InChI=1S/C21H24N2O6/c1-14-17(6-5-7-18(14)23(26)27)22-19(24)12-29-20(25)13-28-16-10-8-15(9-11-16)21(2,3)4/h5-11H,12-13H2,1-4H3,(H,22,24). The molecule has 1 amide bonds. The quantitative estimate of drug-likeness (QED) is 0.431. The summed E-state index contributed by atoms with van der Waals surface area (Å²) >= 11 is 0. The van der Waals surface area contributed by atoms with E-state index in [-0.39, 0.29) is 23.4 Å². The number of ether oxygens (including phenoxy) is 2. The van der Waals surface area contributed by atoms with Crippen LogP contribution >= 0.6 is 0 Å². The first-order valence-electron chi connectivity index (χ1n) is 9.01. The first kappa shape index (κ1) is 21.9. The second-order valence-corrected chi connectivity index (χ2v) is 7.48. The van der Waals surface area contributed by atoms with Gasteiger partial charge < -0.3 is 14.8 Å². The molecular formula is C21H24N2O6. The SMILES string of the molecule is Cc1c(NC(=O)COC(=O)COc2ccc(C(C)(C)C)cc2)cccc1[N+](=O)[O-]. The highest BCUT2D eigenvalue weighted by atomic mass is 16.6. The van der Waals surface area contributed by atoms with E-state index in [4.69, 9.17) is 9.47 Å². The van der Waals surface area contributed by atoms with E-state index in [2.05, 4.69) is 26.1 Å². The van der Waals surface area contributed by atoms with Crippen LogP contribution < -0.4 is 10.1 Å². The van der Waals surface area contributed by atoms with Gasteiger partial charge in [0, 0.05) is 6.07 Å². The van der Waals surface area contributed by atoms with E-state index >= 15 is 0 Å². The van der Waals surface area contributed by atoms with Gasteiger partial charge in [-0.1, -0.05) is 39.0 Å². The van der Waals surface area contributed by atoms with Crippen molar-refractivity contribution in [2.75, 3.05) is 18.5 Å². The third-order valence-corrected chi connectivity index (χ3v) is 4.22. The van der Waals surface area contributed by atoms with Crippen LogP contribution in [-0.4, -0.2) is 30.0 Å².